The van der Waals surface area contributed by atoms with Gasteiger partial charge in [-0.05, 0) is 91.6 Å². The fraction of sp³-hybridized carbons (Fsp3) is 0.346. The van der Waals surface area contributed by atoms with Crippen molar-refractivity contribution < 1.29 is 14.6 Å². The summed E-state index contributed by atoms with van der Waals surface area (Å²) in [5.41, 5.74) is 4.19. The van der Waals surface area contributed by atoms with Crippen molar-refractivity contribution in [1.29, 1.82) is 0 Å². The smallest absolute Gasteiger partial charge is 0.337 e. The van der Waals surface area contributed by atoms with Gasteiger partial charge in [0.25, 0.3) is 0 Å². The fourth-order valence-electron chi connectivity index (χ4n) is 4.09. The monoisotopic (exact) mass is 422 g/mol. The lowest BCUT2D eigenvalue weighted by Crippen LogP contribution is -2.28. The molecule has 0 radical (unpaired) electrons. The highest BCUT2D eigenvalue weighted by molar-refractivity contribution is 6.30. The number of hydrogen-bond acceptors (Lipinski definition) is 2. The lowest BCUT2D eigenvalue weighted by molar-refractivity contribution is -0.160. The van der Waals surface area contributed by atoms with Gasteiger partial charge in [-0.15, -0.1) is 0 Å². The Morgan fingerprint density at radius 3 is 2.33 bits per heavy atom. The highest BCUT2D eigenvalue weighted by Gasteiger charge is 2.32. The summed E-state index contributed by atoms with van der Waals surface area (Å²) in [5.74, 6) is -0.376. The molecule has 0 aliphatic heterocycles. The van der Waals surface area contributed by atoms with Crippen molar-refractivity contribution in [2.45, 2.75) is 58.2 Å². The SMILES string of the molecule is Cc1cc2ccc(C3CC3)cc2c(-c2ccc(Cl)cc2)c1C(OC(C)(C)C)C(=O)O. The van der Waals surface area contributed by atoms with E-state index in [2.05, 4.69) is 24.3 Å². The minimum atomic E-state index is -1.07. The Morgan fingerprint density at radius 2 is 1.77 bits per heavy atom. The van der Waals surface area contributed by atoms with Crippen LogP contribution in [0.4, 0.5) is 0 Å². The van der Waals surface area contributed by atoms with Gasteiger partial charge in [-0.3, -0.25) is 0 Å². The molecule has 1 aliphatic rings. The van der Waals surface area contributed by atoms with Crippen molar-refractivity contribution in [2.75, 3.05) is 0 Å². The third-order valence-corrected chi connectivity index (χ3v) is 5.80. The molecule has 1 atom stereocenters. The van der Waals surface area contributed by atoms with Gasteiger partial charge in [-0.2, -0.15) is 0 Å². The summed E-state index contributed by atoms with van der Waals surface area (Å²) in [6.07, 6.45) is 1.36. The number of hydrogen-bond donors (Lipinski definition) is 1. The van der Waals surface area contributed by atoms with E-state index in [-0.39, 0.29) is 0 Å². The van der Waals surface area contributed by atoms with Crippen LogP contribution in [-0.4, -0.2) is 16.7 Å². The van der Waals surface area contributed by atoms with Crippen LogP contribution >= 0.6 is 11.6 Å². The first-order valence-electron chi connectivity index (χ1n) is 10.4. The molecule has 1 aliphatic carbocycles. The molecule has 0 aromatic heterocycles. The standard InChI is InChI=1S/C26H27ClO3/c1-15-13-19-8-7-18(16-5-6-16)14-21(19)23(17-9-11-20(27)12-10-17)22(15)24(25(28)29)30-26(2,3)4/h7-14,16,24H,5-6H2,1-4H3,(H,28,29). The molecule has 0 bridgehead atoms. The quantitative estimate of drug-likeness (QED) is 0.469. The molecule has 156 valence electrons. The summed E-state index contributed by atoms with van der Waals surface area (Å²) in [6.45, 7) is 7.61. The van der Waals surface area contributed by atoms with Gasteiger partial charge < -0.3 is 9.84 Å². The summed E-state index contributed by atoms with van der Waals surface area (Å²) in [7, 11) is 0. The molecule has 0 amide bonds. The molecule has 3 nitrogen and oxygen atoms in total. The van der Waals surface area contributed by atoms with Gasteiger partial charge in [-0.1, -0.05) is 48.0 Å². The van der Waals surface area contributed by atoms with Gasteiger partial charge in [0.2, 0.25) is 0 Å². The van der Waals surface area contributed by atoms with Crippen LogP contribution < -0.4 is 0 Å². The highest BCUT2D eigenvalue weighted by Crippen LogP contribution is 2.45. The van der Waals surface area contributed by atoms with Crippen LogP contribution in [0, 0.1) is 6.92 Å². The third-order valence-electron chi connectivity index (χ3n) is 5.55. The summed E-state index contributed by atoms with van der Waals surface area (Å²) in [6, 6.07) is 16.3. The number of ether oxygens (including phenoxy) is 1. The van der Waals surface area contributed by atoms with Crippen LogP contribution in [0.5, 0.6) is 0 Å². The maximum Gasteiger partial charge on any atom is 0.337 e. The van der Waals surface area contributed by atoms with E-state index in [1.165, 1.54) is 18.4 Å². The van der Waals surface area contributed by atoms with E-state index in [0.717, 1.165) is 27.5 Å². The zero-order chi connectivity index (χ0) is 21.6. The van der Waals surface area contributed by atoms with E-state index in [9.17, 15) is 9.90 Å². The molecule has 4 rings (SSSR count). The highest BCUT2D eigenvalue weighted by atomic mass is 35.5. The molecular formula is C26H27ClO3. The number of carboxylic acids is 1. The molecule has 1 saturated carbocycles. The maximum atomic E-state index is 12.3. The summed E-state index contributed by atoms with van der Waals surface area (Å²) in [5, 5.41) is 12.9. The molecule has 3 aromatic rings. The zero-order valence-electron chi connectivity index (χ0n) is 17.8. The molecule has 0 spiro atoms. The number of rotatable bonds is 5. The van der Waals surface area contributed by atoms with Gasteiger partial charge in [0.05, 0.1) is 5.60 Å². The maximum absolute atomic E-state index is 12.3. The first-order chi connectivity index (χ1) is 14.1. The first kappa shape index (κ1) is 20.9. The lowest BCUT2D eigenvalue weighted by Gasteiger charge is -2.28. The van der Waals surface area contributed by atoms with Crippen molar-refractivity contribution in [2.24, 2.45) is 0 Å². The molecule has 0 heterocycles. The number of halogens is 1. The number of fused-ring (bicyclic) bond motifs is 1. The second-order valence-electron chi connectivity index (χ2n) is 9.19. The van der Waals surface area contributed by atoms with Crippen LogP contribution in [0.25, 0.3) is 21.9 Å². The Bertz CT molecular complexity index is 1110. The number of aryl methyl sites for hydroxylation is 1. The minimum absolute atomic E-state index is 0.600. The fourth-order valence-corrected chi connectivity index (χ4v) is 4.22. The average Bonchev–Trinajstić information content (AvgIpc) is 3.50. The Morgan fingerprint density at radius 1 is 1.10 bits per heavy atom. The van der Waals surface area contributed by atoms with Crippen molar-refractivity contribution in [3.05, 3.63) is 70.2 Å². The van der Waals surface area contributed by atoms with Crippen molar-refractivity contribution in [1.82, 2.24) is 0 Å². The molecule has 1 fully saturated rings. The summed E-state index contributed by atoms with van der Waals surface area (Å²) >= 11 is 6.14. The largest absolute Gasteiger partial charge is 0.479 e. The van der Waals surface area contributed by atoms with E-state index in [1.807, 2.05) is 52.0 Å². The number of carboxylic acid groups (broad SMARTS) is 1. The average molecular weight is 423 g/mol. The van der Waals surface area contributed by atoms with Gasteiger partial charge in [0.1, 0.15) is 0 Å². The molecule has 1 unspecified atom stereocenters. The van der Waals surface area contributed by atoms with Gasteiger partial charge >= 0.3 is 5.97 Å². The topological polar surface area (TPSA) is 46.5 Å². The van der Waals surface area contributed by atoms with Crippen LogP contribution in [0.15, 0.2) is 48.5 Å². The van der Waals surface area contributed by atoms with E-state index >= 15 is 0 Å². The van der Waals surface area contributed by atoms with E-state index in [0.29, 0.717) is 16.5 Å². The zero-order valence-corrected chi connectivity index (χ0v) is 18.6. The molecule has 1 N–H and O–H groups in total. The Balaban J connectivity index is 2.04. The second kappa shape index (κ2) is 7.72. The third kappa shape index (κ3) is 4.23. The minimum Gasteiger partial charge on any atom is -0.479 e. The van der Waals surface area contributed by atoms with Crippen molar-refractivity contribution in [3.8, 4) is 11.1 Å². The second-order valence-corrected chi connectivity index (χ2v) is 9.63. The van der Waals surface area contributed by atoms with Crippen LogP contribution in [0.1, 0.15) is 62.3 Å². The van der Waals surface area contributed by atoms with Gasteiger partial charge in [0, 0.05) is 10.6 Å². The van der Waals surface area contributed by atoms with Gasteiger partial charge in [-0.25, -0.2) is 4.79 Å². The van der Waals surface area contributed by atoms with E-state index in [4.69, 9.17) is 16.3 Å². The summed E-state index contributed by atoms with van der Waals surface area (Å²) in [4.78, 5) is 12.3. The Hall–Kier alpha value is -2.36. The molecule has 3 aromatic carbocycles. The molecular weight excluding hydrogens is 396 g/mol. The van der Waals surface area contributed by atoms with Crippen molar-refractivity contribution in [3.63, 3.8) is 0 Å². The number of benzene rings is 3. The van der Waals surface area contributed by atoms with Crippen molar-refractivity contribution >= 4 is 28.3 Å². The predicted octanol–water partition coefficient (Wildman–Crippen LogP) is 7.29. The Kier molecular flexibility index (Phi) is 5.37. The molecule has 4 heteroatoms. The summed E-state index contributed by atoms with van der Waals surface area (Å²) < 4.78 is 6.07. The van der Waals surface area contributed by atoms with E-state index in [1.54, 1.807) is 0 Å². The molecule has 30 heavy (non-hydrogen) atoms. The molecule has 0 saturated heterocycles. The van der Waals surface area contributed by atoms with Crippen LogP contribution in [0.3, 0.4) is 0 Å². The number of carbonyl (C=O) groups is 1. The van der Waals surface area contributed by atoms with E-state index < -0.39 is 17.7 Å². The van der Waals surface area contributed by atoms with Gasteiger partial charge in [0.15, 0.2) is 6.10 Å². The Labute approximate surface area is 182 Å². The van der Waals surface area contributed by atoms with Crippen LogP contribution in [-0.2, 0) is 9.53 Å². The lowest BCUT2D eigenvalue weighted by atomic mass is 9.86. The normalized spacial score (nSPS) is 15.4. The van der Waals surface area contributed by atoms with Crippen LogP contribution in [0.2, 0.25) is 5.02 Å². The first-order valence-corrected chi connectivity index (χ1v) is 10.8. The predicted molar refractivity (Wildman–Crippen MR) is 122 cm³/mol. The number of aliphatic carboxylic acids is 1.